The van der Waals surface area contributed by atoms with Crippen LogP contribution in [0.1, 0.15) is 29.5 Å². The van der Waals surface area contributed by atoms with Crippen LogP contribution in [0.3, 0.4) is 0 Å². The van der Waals surface area contributed by atoms with Gasteiger partial charge in [0.2, 0.25) is 0 Å². The van der Waals surface area contributed by atoms with E-state index in [1.165, 1.54) is 5.56 Å². The molecule has 4 nitrogen and oxygen atoms in total. The molecule has 1 atom stereocenters. The first-order valence-electron chi connectivity index (χ1n) is 7.18. The second-order valence-electron chi connectivity index (χ2n) is 5.07. The average molecular weight is 312 g/mol. The summed E-state index contributed by atoms with van der Waals surface area (Å²) >= 11 is 1.72. The molecule has 0 spiro atoms. The van der Waals surface area contributed by atoms with Gasteiger partial charge in [0, 0.05) is 20.1 Å². The molecule has 1 aromatic carbocycles. The summed E-state index contributed by atoms with van der Waals surface area (Å²) in [4.78, 5) is 4.23. The van der Waals surface area contributed by atoms with Gasteiger partial charge in [-0.25, -0.2) is 0 Å². The van der Waals surface area contributed by atoms with Crippen LogP contribution in [0, 0.1) is 11.3 Å². The highest BCUT2D eigenvalue weighted by atomic mass is 32.1. The van der Waals surface area contributed by atoms with E-state index in [0.29, 0.717) is 18.0 Å². The first-order valence-corrected chi connectivity index (χ1v) is 8.13. The fourth-order valence-corrected chi connectivity index (χ4v) is 2.81. The largest absolute Gasteiger partial charge is 0.356 e. The Morgan fingerprint density at radius 3 is 2.64 bits per heavy atom. The van der Waals surface area contributed by atoms with Gasteiger partial charge in [0.1, 0.15) is 0 Å². The molecule has 0 fully saturated rings. The average Bonchev–Trinajstić information content (AvgIpc) is 3.10. The number of guanidine groups is 1. The number of rotatable bonds is 5. The van der Waals surface area contributed by atoms with Crippen molar-refractivity contribution in [2.24, 2.45) is 4.99 Å². The SMILES string of the molecule is CN=C(NCc1ccc(C#N)cc1)NCC(C)c1ccsc1. The second kappa shape index (κ2) is 8.20. The lowest BCUT2D eigenvalue weighted by molar-refractivity contribution is 0.701. The molecule has 0 radical (unpaired) electrons. The third kappa shape index (κ3) is 4.61. The third-order valence-electron chi connectivity index (χ3n) is 3.45. The summed E-state index contributed by atoms with van der Waals surface area (Å²) in [5, 5.41) is 19.7. The molecule has 0 aliphatic rings. The Morgan fingerprint density at radius 2 is 2.05 bits per heavy atom. The van der Waals surface area contributed by atoms with Crippen molar-refractivity contribution in [2.75, 3.05) is 13.6 Å². The Labute approximate surface area is 135 Å². The predicted octanol–water partition coefficient (Wildman–Crippen LogP) is 3.09. The fraction of sp³-hybridized carbons (Fsp3) is 0.294. The van der Waals surface area contributed by atoms with E-state index in [2.05, 4.69) is 45.4 Å². The van der Waals surface area contributed by atoms with E-state index in [-0.39, 0.29) is 0 Å². The molecule has 0 aliphatic carbocycles. The van der Waals surface area contributed by atoms with Crippen LogP contribution in [0.25, 0.3) is 0 Å². The van der Waals surface area contributed by atoms with Gasteiger partial charge in [-0.2, -0.15) is 16.6 Å². The van der Waals surface area contributed by atoms with Gasteiger partial charge in [0.15, 0.2) is 5.96 Å². The van der Waals surface area contributed by atoms with E-state index in [4.69, 9.17) is 5.26 Å². The molecule has 0 saturated heterocycles. The molecule has 0 saturated carbocycles. The fourth-order valence-electron chi connectivity index (χ4n) is 2.03. The predicted molar refractivity (Wildman–Crippen MR) is 92.1 cm³/mol. The van der Waals surface area contributed by atoms with Crippen LogP contribution >= 0.6 is 11.3 Å². The van der Waals surface area contributed by atoms with Gasteiger partial charge >= 0.3 is 0 Å². The minimum Gasteiger partial charge on any atom is -0.356 e. The van der Waals surface area contributed by atoms with Crippen LogP contribution in [0.5, 0.6) is 0 Å². The van der Waals surface area contributed by atoms with Crippen molar-refractivity contribution in [1.82, 2.24) is 10.6 Å². The standard InChI is InChI=1S/C17H20N4S/c1-13(16-7-8-22-12-16)10-20-17(19-2)21-11-15-5-3-14(9-18)4-6-15/h3-8,12-13H,10-11H2,1-2H3,(H2,19,20,21). The summed E-state index contributed by atoms with van der Waals surface area (Å²) in [6.45, 7) is 3.71. The summed E-state index contributed by atoms with van der Waals surface area (Å²) in [6, 6.07) is 11.8. The first kappa shape index (κ1) is 16.1. The number of nitrogens with zero attached hydrogens (tertiary/aromatic N) is 2. The van der Waals surface area contributed by atoms with Crippen molar-refractivity contribution in [3.63, 3.8) is 0 Å². The smallest absolute Gasteiger partial charge is 0.191 e. The minimum absolute atomic E-state index is 0.444. The van der Waals surface area contributed by atoms with Crippen LogP contribution in [0.15, 0.2) is 46.1 Å². The number of nitriles is 1. The highest BCUT2D eigenvalue weighted by molar-refractivity contribution is 7.07. The number of hydrogen-bond donors (Lipinski definition) is 2. The number of thiophene rings is 1. The molecular weight excluding hydrogens is 292 g/mol. The maximum Gasteiger partial charge on any atom is 0.191 e. The van der Waals surface area contributed by atoms with Gasteiger partial charge in [0.25, 0.3) is 0 Å². The molecule has 1 heterocycles. The molecule has 22 heavy (non-hydrogen) atoms. The van der Waals surface area contributed by atoms with Crippen molar-refractivity contribution >= 4 is 17.3 Å². The van der Waals surface area contributed by atoms with E-state index in [9.17, 15) is 0 Å². The zero-order valence-electron chi connectivity index (χ0n) is 12.8. The summed E-state index contributed by atoms with van der Waals surface area (Å²) < 4.78 is 0. The van der Waals surface area contributed by atoms with Crippen LogP contribution in [0.4, 0.5) is 0 Å². The van der Waals surface area contributed by atoms with Crippen LogP contribution in [-0.2, 0) is 6.54 Å². The number of benzene rings is 1. The summed E-state index contributed by atoms with van der Waals surface area (Å²) in [7, 11) is 1.77. The van der Waals surface area contributed by atoms with E-state index in [1.54, 1.807) is 18.4 Å². The van der Waals surface area contributed by atoms with E-state index in [0.717, 1.165) is 18.1 Å². The highest BCUT2D eigenvalue weighted by Gasteiger charge is 2.06. The molecular formula is C17H20N4S. The summed E-state index contributed by atoms with van der Waals surface area (Å²) in [5.41, 5.74) is 3.14. The van der Waals surface area contributed by atoms with Gasteiger partial charge in [-0.1, -0.05) is 19.1 Å². The van der Waals surface area contributed by atoms with Gasteiger partial charge in [0.05, 0.1) is 11.6 Å². The number of nitrogens with one attached hydrogen (secondary N) is 2. The lowest BCUT2D eigenvalue weighted by Crippen LogP contribution is -2.38. The molecule has 1 unspecified atom stereocenters. The summed E-state index contributed by atoms with van der Waals surface area (Å²) in [5.74, 6) is 1.23. The Hall–Kier alpha value is -2.32. The Kier molecular flexibility index (Phi) is 5.99. The van der Waals surface area contributed by atoms with Gasteiger partial charge in [-0.3, -0.25) is 4.99 Å². The molecule has 0 amide bonds. The quantitative estimate of drug-likeness (QED) is 0.659. The van der Waals surface area contributed by atoms with Crippen molar-refractivity contribution in [3.8, 4) is 6.07 Å². The van der Waals surface area contributed by atoms with Crippen molar-refractivity contribution in [2.45, 2.75) is 19.4 Å². The van der Waals surface area contributed by atoms with Crippen LogP contribution in [0.2, 0.25) is 0 Å². The van der Waals surface area contributed by atoms with Gasteiger partial charge < -0.3 is 10.6 Å². The third-order valence-corrected chi connectivity index (χ3v) is 4.16. The maximum atomic E-state index is 8.79. The lowest BCUT2D eigenvalue weighted by Gasteiger charge is -2.15. The molecule has 2 N–H and O–H groups in total. The maximum absolute atomic E-state index is 8.79. The number of hydrogen-bond acceptors (Lipinski definition) is 3. The Balaban J connectivity index is 1.81. The zero-order valence-corrected chi connectivity index (χ0v) is 13.7. The normalized spacial score (nSPS) is 12.5. The number of aliphatic imine (C=N–C) groups is 1. The molecule has 114 valence electrons. The lowest BCUT2D eigenvalue weighted by atomic mass is 10.1. The topological polar surface area (TPSA) is 60.2 Å². The molecule has 0 aliphatic heterocycles. The zero-order chi connectivity index (χ0) is 15.8. The van der Waals surface area contributed by atoms with E-state index in [1.807, 2.05) is 24.3 Å². The van der Waals surface area contributed by atoms with Crippen LogP contribution in [-0.4, -0.2) is 19.6 Å². The van der Waals surface area contributed by atoms with E-state index < -0.39 is 0 Å². The van der Waals surface area contributed by atoms with Crippen molar-refractivity contribution in [1.29, 1.82) is 5.26 Å². The van der Waals surface area contributed by atoms with Gasteiger partial charge in [-0.15, -0.1) is 0 Å². The van der Waals surface area contributed by atoms with Gasteiger partial charge in [-0.05, 0) is 46.0 Å². The second-order valence-corrected chi connectivity index (χ2v) is 5.85. The molecule has 2 rings (SSSR count). The molecule has 0 bridgehead atoms. The molecule has 2 aromatic rings. The minimum atomic E-state index is 0.444. The van der Waals surface area contributed by atoms with Crippen molar-refractivity contribution < 1.29 is 0 Å². The monoisotopic (exact) mass is 312 g/mol. The highest BCUT2D eigenvalue weighted by Crippen LogP contribution is 2.16. The van der Waals surface area contributed by atoms with E-state index >= 15 is 0 Å². The Morgan fingerprint density at radius 1 is 1.27 bits per heavy atom. The molecule has 1 aromatic heterocycles. The molecule has 5 heteroatoms. The summed E-state index contributed by atoms with van der Waals surface area (Å²) in [6.07, 6.45) is 0. The Bertz CT molecular complexity index is 638. The van der Waals surface area contributed by atoms with Crippen LogP contribution < -0.4 is 10.6 Å². The van der Waals surface area contributed by atoms with Crippen molar-refractivity contribution in [3.05, 3.63) is 57.8 Å². The first-order chi connectivity index (χ1) is 10.7.